The van der Waals surface area contributed by atoms with Crippen LogP contribution in [0.5, 0.6) is 0 Å². The summed E-state index contributed by atoms with van der Waals surface area (Å²) in [5, 5.41) is 8.19. The van der Waals surface area contributed by atoms with Crippen LogP contribution in [0.25, 0.3) is 0 Å². The van der Waals surface area contributed by atoms with Crippen molar-refractivity contribution in [1.82, 2.24) is 0 Å². The smallest absolute Gasteiger partial charge is 0.320 e. The van der Waals surface area contributed by atoms with Crippen molar-refractivity contribution in [3.8, 4) is 6.07 Å². The van der Waals surface area contributed by atoms with Crippen molar-refractivity contribution in [3.63, 3.8) is 0 Å². The number of hydrogen-bond donors (Lipinski definition) is 0. The van der Waals surface area contributed by atoms with Gasteiger partial charge in [0.25, 0.3) is 0 Å². The molecule has 0 N–H and O–H groups in total. The molecular formula is C11H19NO2. The third-order valence-corrected chi connectivity index (χ3v) is 1.98. The van der Waals surface area contributed by atoms with Crippen LogP contribution in [0.4, 0.5) is 0 Å². The molecule has 0 bridgehead atoms. The molecule has 80 valence electrons. The Balaban J connectivity index is 3.06. The molecule has 0 aromatic rings. The molecule has 0 saturated heterocycles. The van der Waals surface area contributed by atoms with Gasteiger partial charge in [-0.3, -0.25) is 4.79 Å². The van der Waals surface area contributed by atoms with Gasteiger partial charge in [-0.15, -0.1) is 0 Å². The Hall–Kier alpha value is -1.04. The van der Waals surface area contributed by atoms with E-state index in [1.807, 2.05) is 0 Å². The highest BCUT2D eigenvalue weighted by Gasteiger charge is 1.99. The molecule has 0 heterocycles. The Morgan fingerprint density at radius 1 is 1.21 bits per heavy atom. The Kier molecular flexibility index (Phi) is 9.30. The van der Waals surface area contributed by atoms with Gasteiger partial charge in [0.15, 0.2) is 0 Å². The molecule has 14 heavy (non-hydrogen) atoms. The lowest BCUT2D eigenvalue weighted by Gasteiger charge is -2.02. The first-order chi connectivity index (χ1) is 6.81. The first-order valence-corrected chi connectivity index (χ1v) is 5.33. The molecule has 0 aromatic heterocycles. The van der Waals surface area contributed by atoms with Gasteiger partial charge in [-0.05, 0) is 6.42 Å². The Labute approximate surface area is 86.1 Å². The van der Waals surface area contributed by atoms with Gasteiger partial charge in [-0.1, -0.05) is 39.0 Å². The summed E-state index contributed by atoms with van der Waals surface area (Å²) in [7, 11) is 0. The van der Waals surface area contributed by atoms with Gasteiger partial charge in [0.1, 0.15) is 6.42 Å². The molecule has 0 rings (SSSR count). The third kappa shape index (κ3) is 9.05. The van der Waals surface area contributed by atoms with Crippen LogP contribution in [0.2, 0.25) is 0 Å². The molecule has 0 fully saturated rings. The Morgan fingerprint density at radius 2 is 1.86 bits per heavy atom. The van der Waals surface area contributed by atoms with E-state index in [0.717, 1.165) is 12.8 Å². The van der Waals surface area contributed by atoms with E-state index in [2.05, 4.69) is 6.92 Å². The normalized spacial score (nSPS) is 9.43. The molecule has 0 radical (unpaired) electrons. The second-order valence-corrected chi connectivity index (χ2v) is 3.32. The summed E-state index contributed by atoms with van der Waals surface area (Å²) in [6.45, 7) is 2.65. The molecule has 0 aliphatic carbocycles. The van der Waals surface area contributed by atoms with E-state index in [9.17, 15) is 4.79 Å². The summed E-state index contributed by atoms with van der Waals surface area (Å²) >= 11 is 0. The lowest BCUT2D eigenvalue weighted by molar-refractivity contribution is -0.142. The zero-order valence-corrected chi connectivity index (χ0v) is 8.92. The molecule has 0 aromatic carbocycles. The highest BCUT2D eigenvalue weighted by atomic mass is 16.5. The first-order valence-electron chi connectivity index (χ1n) is 5.33. The summed E-state index contributed by atoms with van der Waals surface area (Å²) in [4.78, 5) is 10.7. The second-order valence-electron chi connectivity index (χ2n) is 3.32. The zero-order valence-electron chi connectivity index (χ0n) is 8.92. The van der Waals surface area contributed by atoms with Crippen molar-refractivity contribution < 1.29 is 9.53 Å². The predicted octanol–water partition coefficient (Wildman–Crippen LogP) is 2.80. The van der Waals surface area contributed by atoms with Crippen LogP contribution in [0.15, 0.2) is 0 Å². The average Bonchev–Trinajstić information content (AvgIpc) is 2.17. The number of nitriles is 1. The van der Waals surface area contributed by atoms with Gasteiger partial charge in [0.2, 0.25) is 0 Å². The number of rotatable bonds is 8. The standard InChI is InChI=1S/C11H19NO2/c1-2-3-4-5-6-7-10-14-11(13)8-9-12/h2-8,10H2,1H3. The second kappa shape index (κ2) is 10.0. The SMILES string of the molecule is CCCCCCCCOC(=O)CC#N. The molecule has 0 saturated carbocycles. The fourth-order valence-corrected chi connectivity index (χ4v) is 1.18. The van der Waals surface area contributed by atoms with Crippen LogP contribution in [-0.2, 0) is 9.53 Å². The summed E-state index contributed by atoms with van der Waals surface area (Å²) in [6.07, 6.45) is 6.91. The van der Waals surface area contributed by atoms with Crippen LogP contribution >= 0.6 is 0 Å². The lowest BCUT2D eigenvalue weighted by Crippen LogP contribution is -2.04. The van der Waals surface area contributed by atoms with E-state index >= 15 is 0 Å². The van der Waals surface area contributed by atoms with Crippen LogP contribution in [0.3, 0.4) is 0 Å². The van der Waals surface area contributed by atoms with E-state index in [4.69, 9.17) is 10.00 Å². The average molecular weight is 197 g/mol. The molecule has 0 spiro atoms. The number of carbonyl (C=O) groups excluding carboxylic acids is 1. The van der Waals surface area contributed by atoms with Crippen LogP contribution in [0, 0.1) is 11.3 Å². The van der Waals surface area contributed by atoms with Crippen molar-refractivity contribution in [3.05, 3.63) is 0 Å². The third-order valence-electron chi connectivity index (χ3n) is 1.98. The Morgan fingerprint density at radius 3 is 2.50 bits per heavy atom. The maximum atomic E-state index is 10.7. The summed E-state index contributed by atoms with van der Waals surface area (Å²) in [5.74, 6) is -0.402. The number of esters is 1. The summed E-state index contributed by atoms with van der Waals surface area (Å²) in [5.41, 5.74) is 0. The number of hydrogen-bond acceptors (Lipinski definition) is 3. The van der Waals surface area contributed by atoms with Gasteiger partial charge < -0.3 is 4.74 Å². The lowest BCUT2D eigenvalue weighted by atomic mass is 10.1. The van der Waals surface area contributed by atoms with Gasteiger partial charge in [0.05, 0.1) is 12.7 Å². The van der Waals surface area contributed by atoms with E-state index in [0.29, 0.717) is 6.61 Å². The largest absolute Gasteiger partial charge is 0.465 e. The van der Waals surface area contributed by atoms with Crippen molar-refractivity contribution in [2.24, 2.45) is 0 Å². The van der Waals surface area contributed by atoms with Gasteiger partial charge in [-0.2, -0.15) is 5.26 Å². The minimum atomic E-state index is -0.402. The fourth-order valence-electron chi connectivity index (χ4n) is 1.18. The van der Waals surface area contributed by atoms with Crippen molar-refractivity contribution in [1.29, 1.82) is 5.26 Å². The molecule has 0 aliphatic rings. The van der Waals surface area contributed by atoms with Crippen LogP contribution in [0.1, 0.15) is 51.9 Å². The van der Waals surface area contributed by atoms with Gasteiger partial charge >= 0.3 is 5.97 Å². The minimum Gasteiger partial charge on any atom is -0.465 e. The van der Waals surface area contributed by atoms with Crippen molar-refractivity contribution >= 4 is 5.97 Å². The van der Waals surface area contributed by atoms with Gasteiger partial charge in [-0.25, -0.2) is 0 Å². The number of nitrogens with zero attached hydrogens (tertiary/aromatic N) is 1. The minimum absolute atomic E-state index is 0.129. The monoisotopic (exact) mass is 197 g/mol. The molecule has 3 nitrogen and oxygen atoms in total. The van der Waals surface area contributed by atoms with E-state index < -0.39 is 5.97 Å². The van der Waals surface area contributed by atoms with E-state index in [1.165, 1.54) is 25.7 Å². The van der Waals surface area contributed by atoms with E-state index in [1.54, 1.807) is 6.07 Å². The molecule has 0 aliphatic heterocycles. The number of ether oxygens (including phenoxy) is 1. The molecule has 3 heteroatoms. The topological polar surface area (TPSA) is 50.1 Å². The van der Waals surface area contributed by atoms with E-state index in [-0.39, 0.29) is 6.42 Å². The van der Waals surface area contributed by atoms with Crippen molar-refractivity contribution in [2.75, 3.05) is 6.61 Å². The van der Waals surface area contributed by atoms with Crippen molar-refractivity contribution in [2.45, 2.75) is 51.9 Å². The highest BCUT2D eigenvalue weighted by molar-refractivity contribution is 5.71. The van der Waals surface area contributed by atoms with Crippen LogP contribution < -0.4 is 0 Å². The van der Waals surface area contributed by atoms with Gasteiger partial charge in [0, 0.05) is 0 Å². The fraction of sp³-hybridized carbons (Fsp3) is 0.818. The van der Waals surface area contributed by atoms with Crippen LogP contribution in [-0.4, -0.2) is 12.6 Å². The zero-order chi connectivity index (χ0) is 10.6. The number of unbranched alkanes of at least 4 members (excludes halogenated alkanes) is 5. The Bertz CT molecular complexity index is 184. The predicted molar refractivity (Wildman–Crippen MR) is 54.6 cm³/mol. The summed E-state index contributed by atoms with van der Waals surface area (Å²) in [6, 6.07) is 1.76. The quantitative estimate of drug-likeness (QED) is 0.444. The first kappa shape index (κ1) is 13.0. The molecule has 0 unspecified atom stereocenters. The summed E-state index contributed by atoms with van der Waals surface area (Å²) < 4.78 is 4.83. The molecule has 0 atom stereocenters. The molecule has 0 amide bonds. The highest BCUT2D eigenvalue weighted by Crippen LogP contribution is 2.04. The number of carbonyl (C=O) groups is 1. The maximum absolute atomic E-state index is 10.7. The molecular weight excluding hydrogens is 178 g/mol. The maximum Gasteiger partial charge on any atom is 0.320 e.